The molecule has 1 aromatic heterocycles. The zero-order chi connectivity index (χ0) is 14.7. The van der Waals surface area contributed by atoms with E-state index in [1.165, 1.54) is 0 Å². The molecule has 0 N–H and O–H groups in total. The normalized spacial score (nSPS) is 10.6. The van der Waals surface area contributed by atoms with E-state index < -0.39 is 5.97 Å². The minimum absolute atomic E-state index is 0.142. The van der Waals surface area contributed by atoms with Gasteiger partial charge in [-0.15, -0.1) is 0 Å². The Balaban J connectivity index is 2.45. The first-order valence-corrected chi connectivity index (χ1v) is 7.36. The van der Waals surface area contributed by atoms with Gasteiger partial charge in [0.1, 0.15) is 0 Å². The fraction of sp³-hybridized carbons (Fsp3) is 0.286. The van der Waals surface area contributed by atoms with Gasteiger partial charge in [-0.25, -0.2) is 9.78 Å². The zero-order valence-corrected chi connectivity index (χ0v) is 13.4. The van der Waals surface area contributed by atoms with Crippen LogP contribution in [-0.4, -0.2) is 17.6 Å². The average molecular weight is 359 g/mol. The van der Waals surface area contributed by atoms with Crippen molar-refractivity contribution in [2.24, 2.45) is 0 Å². The smallest absolute Gasteiger partial charge is 0.376 e. The van der Waals surface area contributed by atoms with Crippen molar-refractivity contribution in [1.29, 1.82) is 0 Å². The zero-order valence-electron chi connectivity index (χ0n) is 11.1. The molecule has 0 atom stereocenters. The number of hydrogen-bond donors (Lipinski definition) is 0. The first kappa shape index (κ1) is 15.1. The van der Waals surface area contributed by atoms with Gasteiger partial charge in [0.05, 0.1) is 22.9 Å². The van der Waals surface area contributed by atoms with E-state index in [4.69, 9.17) is 20.8 Å². The molecule has 2 aromatic rings. The van der Waals surface area contributed by atoms with Crippen LogP contribution in [0, 0.1) is 0 Å². The van der Waals surface area contributed by atoms with Gasteiger partial charge in [0.2, 0.25) is 11.7 Å². The lowest BCUT2D eigenvalue weighted by Gasteiger charge is -2.00. The van der Waals surface area contributed by atoms with Crippen molar-refractivity contribution in [3.05, 3.63) is 39.1 Å². The van der Waals surface area contributed by atoms with Gasteiger partial charge in [-0.05, 0) is 31.5 Å². The number of ether oxygens (including phenoxy) is 1. The molecule has 0 saturated carbocycles. The van der Waals surface area contributed by atoms with Gasteiger partial charge in [-0.3, -0.25) is 0 Å². The fourth-order valence-electron chi connectivity index (χ4n) is 1.73. The third-order valence-corrected chi connectivity index (χ3v) is 3.46. The van der Waals surface area contributed by atoms with E-state index in [9.17, 15) is 4.79 Å². The van der Waals surface area contributed by atoms with Crippen molar-refractivity contribution in [1.82, 2.24) is 4.98 Å². The molecule has 0 unspecified atom stereocenters. The van der Waals surface area contributed by atoms with Crippen molar-refractivity contribution in [2.45, 2.75) is 20.3 Å². The number of oxazole rings is 1. The second-order valence-electron chi connectivity index (χ2n) is 3.99. The lowest BCUT2D eigenvalue weighted by molar-refractivity contribution is 0.0489. The summed E-state index contributed by atoms with van der Waals surface area (Å²) in [5, 5.41) is 0.499. The van der Waals surface area contributed by atoms with Crippen molar-refractivity contribution < 1.29 is 13.9 Å². The van der Waals surface area contributed by atoms with Gasteiger partial charge >= 0.3 is 5.97 Å². The molecule has 4 nitrogen and oxygen atoms in total. The average Bonchev–Trinajstić information content (AvgIpc) is 2.83. The molecule has 0 aliphatic heterocycles. The second-order valence-corrected chi connectivity index (χ2v) is 5.32. The standard InChI is InChI=1S/C14H13BrClNO3/c1-3-11-12(14(18)19-4-2)20-13(17-11)9-6-5-8(15)7-10(9)16/h5-7H,3-4H2,1-2H3. The maximum Gasteiger partial charge on any atom is 0.376 e. The summed E-state index contributed by atoms with van der Waals surface area (Å²) in [6.45, 7) is 3.93. The molecule has 20 heavy (non-hydrogen) atoms. The second kappa shape index (κ2) is 6.41. The van der Waals surface area contributed by atoms with E-state index in [1.807, 2.05) is 13.0 Å². The molecular formula is C14H13BrClNO3. The molecule has 0 aliphatic rings. The monoisotopic (exact) mass is 357 g/mol. The first-order chi connectivity index (χ1) is 9.56. The van der Waals surface area contributed by atoms with Crippen LogP contribution in [0.25, 0.3) is 11.5 Å². The van der Waals surface area contributed by atoms with Crippen molar-refractivity contribution in [3.8, 4) is 11.5 Å². The highest BCUT2D eigenvalue weighted by Crippen LogP contribution is 2.31. The minimum Gasteiger partial charge on any atom is -0.460 e. The molecule has 2 rings (SSSR count). The number of esters is 1. The Kier molecular flexibility index (Phi) is 4.83. The summed E-state index contributed by atoms with van der Waals surface area (Å²) in [5.74, 6) is -0.0397. The Morgan fingerprint density at radius 1 is 1.45 bits per heavy atom. The van der Waals surface area contributed by atoms with Crippen LogP contribution in [0.3, 0.4) is 0 Å². The maximum atomic E-state index is 11.8. The Hall–Kier alpha value is -1.33. The number of nitrogens with zero attached hydrogens (tertiary/aromatic N) is 1. The summed E-state index contributed by atoms with van der Waals surface area (Å²) in [5.41, 5.74) is 1.21. The molecule has 0 fully saturated rings. The van der Waals surface area contributed by atoms with E-state index in [0.29, 0.717) is 28.6 Å². The van der Waals surface area contributed by atoms with Crippen molar-refractivity contribution in [2.75, 3.05) is 6.61 Å². The number of carbonyl (C=O) groups excluding carboxylic acids is 1. The Labute approximate surface area is 130 Å². The number of carbonyl (C=O) groups is 1. The highest BCUT2D eigenvalue weighted by molar-refractivity contribution is 9.10. The molecule has 0 saturated heterocycles. The molecule has 0 bridgehead atoms. The van der Waals surface area contributed by atoms with E-state index in [-0.39, 0.29) is 12.4 Å². The van der Waals surface area contributed by atoms with Crippen molar-refractivity contribution in [3.63, 3.8) is 0 Å². The largest absolute Gasteiger partial charge is 0.460 e. The van der Waals surface area contributed by atoms with Gasteiger partial charge in [0.15, 0.2) is 0 Å². The number of rotatable bonds is 4. The molecule has 1 aromatic carbocycles. The molecular weight excluding hydrogens is 346 g/mol. The molecule has 1 heterocycles. The summed E-state index contributed by atoms with van der Waals surface area (Å²) in [4.78, 5) is 16.1. The molecule has 6 heteroatoms. The molecule has 0 spiro atoms. The summed E-state index contributed by atoms with van der Waals surface area (Å²) in [6, 6.07) is 5.37. The Morgan fingerprint density at radius 3 is 2.80 bits per heavy atom. The lowest BCUT2D eigenvalue weighted by atomic mass is 10.2. The summed E-state index contributed by atoms with van der Waals surface area (Å²) in [6.07, 6.45) is 0.575. The van der Waals surface area contributed by atoms with Crippen LogP contribution in [0.15, 0.2) is 27.1 Å². The fourth-order valence-corrected chi connectivity index (χ4v) is 2.48. The van der Waals surface area contributed by atoms with Crippen LogP contribution in [-0.2, 0) is 11.2 Å². The van der Waals surface area contributed by atoms with Gasteiger partial charge in [-0.2, -0.15) is 0 Å². The van der Waals surface area contributed by atoms with E-state index >= 15 is 0 Å². The molecule has 0 aliphatic carbocycles. The van der Waals surface area contributed by atoms with Crippen LogP contribution in [0.5, 0.6) is 0 Å². The first-order valence-electron chi connectivity index (χ1n) is 6.19. The SMILES string of the molecule is CCOC(=O)c1oc(-c2ccc(Br)cc2Cl)nc1CC. The topological polar surface area (TPSA) is 52.3 Å². The lowest BCUT2D eigenvalue weighted by Crippen LogP contribution is -2.05. The van der Waals surface area contributed by atoms with Gasteiger partial charge in [0, 0.05) is 4.47 Å². The minimum atomic E-state index is -0.503. The maximum absolute atomic E-state index is 11.8. The predicted molar refractivity (Wildman–Crippen MR) is 80.0 cm³/mol. The van der Waals surface area contributed by atoms with Gasteiger partial charge < -0.3 is 9.15 Å². The van der Waals surface area contributed by atoms with Crippen molar-refractivity contribution >= 4 is 33.5 Å². The summed E-state index contributed by atoms with van der Waals surface area (Å²) >= 11 is 9.50. The quantitative estimate of drug-likeness (QED) is 0.755. The van der Waals surface area contributed by atoms with Crippen LogP contribution in [0.4, 0.5) is 0 Å². The third kappa shape index (κ3) is 3.04. The van der Waals surface area contributed by atoms with Crippen LogP contribution in [0.2, 0.25) is 5.02 Å². The van der Waals surface area contributed by atoms with Gasteiger partial charge in [0.25, 0.3) is 0 Å². The number of halogens is 2. The third-order valence-electron chi connectivity index (χ3n) is 2.65. The van der Waals surface area contributed by atoms with E-state index in [2.05, 4.69) is 20.9 Å². The Morgan fingerprint density at radius 2 is 2.20 bits per heavy atom. The summed E-state index contributed by atoms with van der Waals surface area (Å²) < 4.78 is 11.4. The summed E-state index contributed by atoms with van der Waals surface area (Å²) in [7, 11) is 0. The number of benzene rings is 1. The van der Waals surface area contributed by atoms with Crippen LogP contribution < -0.4 is 0 Å². The molecule has 0 radical (unpaired) electrons. The Bertz CT molecular complexity index is 639. The predicted octanol–water partition coefficient (Wildman–Crippen LogP) is 4.50. The van der Waals surface area contributed by atoms with Crippen LogP contribution in [0.1, 0.15) is 30.1 Å². The van der Waals surface area contributed by atoms with Gasteiger partial charge in [-0.1, -0.05) is 34.5 Å². The number of aromatic nitrogens is 1. The molecule has 106 valence electrons. The van der Waals surface area contributed by atoms with E-state index in [0.717, 1.165) is 4.47 Å². The highest BCUT2D eigenvalue weighted by Gasteiger charge is 2.22. The van der Waals surface area contributed by atoms with Crippen LogP contribution >= 0.6 is 27.5 Å². The highest BCUT2D eigenvalue weighted by atomic mass is 79.9. The number of aryl methyl sites for hydroxylation is 1. The molecule has 0 amide bonds. The number of hydrogen-bond acceptors (Lipinski definition) is 4. The van der Waals surface area contributed by atoms with E-state index in [1.54, 1.807) is 19.1 Å².